The van der Waals surface area contributed by atoms with Gasteiger partial charge in [0.2, 0.25) is 0 Å². The van der Waals surface area contributed by atoms with Crippen molar-refractivity contribution in [1.82, 2.24) is 0 Å². The van der Waals surface area contributed by atoms with Gasteiger partial charge >= 0.3 is 5.97 Å². The first-order valence-electron chi connectivity index (χ1n) is 10.6. The van der Waals surface area contributed by atoms with Gasteiger partial charge in [0.25, 0.3) is 0 Å². The van der Waals surface area contributed by atoms with Crippen LogP contribution in [0.4, 0.5) is 0 Å². The molecule has 5 nitrogen and oxygen atoms in total. The monoisotopic (exact) mass is 473 g/mol. The van der Waals surface area contributed by atoms with E-state index in [0.717, 1.165) is 35.0 Å². The highest BCUT2D eigenvalue weighted by atomic mass is 79.9. The molecule has 4 rings (SSSR count). The molecule has 3 atom stereocenters. The second-order valence-electron chi connectivity index (χ2n) is 9.33. The zero-order valence-electron chi connectivity index (χ0n) is 17.7. The highest BCUT2D eigenvalue weighted by molar-refractivity contribution is 9.10. The van der Waals surface area contributed by atoms with Crippen LogP contribution in [0.2, 0.25) is 0 Å². The third-order valence-corrected chi connectivity index (χ3v) is 6.77. The molecule has 0 N–H and O–H groups in total. The summed E-state index contributed by atoms with van der Waals surface area (Å²) in [5.74, 6) is -1.02. The van der Waals surface area contributed by atoms with Crippen LogP contribution < -0.4 is 0 Å². The van der Waals surface area contributed by atoms with E-state index in [0.29, 0.717) is 24.3 Å². The number of Topliss-reactive ketones (excluding diaryl/α,β-unsaturated/α-hetero) is 1. The van der Waals surface area contributed by atoms with Crippen molar-refractivity contribution in [2.24, 2.45) is 16.3 Å². The number of benzene rings is 1. The van der Waals surface area contributed by atoms with E-state index in [-0.39, 0.29) is 29.8 Å². The zero-order chi connectivity index (χ0) is 21.5. The number of rotatable bonds is 4. The van der Waals surface area contributed by atoms with E-state index in [1.54, 1.807) is 0 Å². The number of carbonyl (C=O) groups is 2. The largest absolute Gasteiger partial charge is 0.460 e. The average Bonchev–Trinajstić information content (AvgIpc) is 3.18. The summed E-state index contributed by atoms with van der Waals surface area (Å²) < 4.78 is 12.2. The van der Waals surface area contributed by atoms with Gasteiger partial charge < -0.3 is 9.47 Å². The maximum atomic E-state index is 13.3. The van der Waals surface area contributed by atoms with E-state index in [2.05, 4.69) is 29.8 Å². The number of fused-ring (bicyclic) bond motifs is 1. The lowest BCUT2D eigenvalue weighted by Gasteiger charge is -2.41. The number of ketones is 1. The van der Waals surface area contributed by atoms with Crippen LogP contribution in [0.5, 0.6) is 0 Å². The molecule has 0 amide bonds. The Morgan fingerprint density at radius 2 is 1.97 bits per heavy atom. The van der Waals surface area contributed by atoms with Gasteiger partial charge in [0, 0.05) is 34.8 Å². The third-order valence-electron chi connectivity index (χ3n) is 6.24. The fourth-order valence-electron chi connectivity index (χ4n) is 4.91. The van der Waals surface area contributed by atoms with E-state index in [1.807, 2.05) is 31.2 Å². The Hall–Kier alpha value is -1.79. The lowest BCUT2D eigenvalue weighted by atomic mass is 9.63. The zero-order valence-corrected chi connectivity index (χ0v) is 19.3. The summed E-state index contributed by atoms with van der Waals surface area (Å²) in [6.45, 7) is 7.01. The average molecular weight is 474 g/mol. The van der Waals surface area contributed by atoms with Crippen LogP contribution in [0.3, 0.4) is 0 Å². The van der Waals surface area contributed by atoms with Gasteiger partial charge in [0.15, 0.2) is 0 Å². The SMILES string of the molecule is CC1=C(C(=O)OC[C@H]2CCCO2)[C@H](c2ccc(Br)cc2)[C@@H]2C(=O)CC(C)(C)CC2=N1. The van der Waals surface area contributed by atoms with Crippen LogP contribution in [0.25, 0.3) is 0 Å². The molecule has 1 aromatic rings. The summed E-state index contributed by atoms with van der Waals surface area (Å²) in [7, 11) is 0. The van der Waals surface area contributed by atoms with Gasteiger partial charge in [0.05, 0.1) is 17.6 Å². The molecular formula is C24H28BrNO4. The smallest absolute Gasteiger partial charge is 0.336 e. The van der Waals surface area contributed by atoms with Gasteiger partial charge in [-0.3, -0.25) is 9.79 Å². The summed E-state index contributed by atoms with van der Waals surface area (Å²) in [6.07, 6.45) is 3.10. The van der Waals surface area contributed by atoms with E-state index in [4.69, 9.17) is 14.5 Å². The Morgan fingerprint density at radius 1 is 1.23 bits per heavy atom. The van der Waals surface area contributed by atoms with Crippen molar-refractivity contribution in [3.8, 4) is 0 Å². The molecule has 2 aliphatic heterocycles. The summed E-state index contributed by atoms with van der Waals surface area (Å²) in [5, 5.41) is 0. The summed E-state index contributed by atoms with van der Waals surface area (Å²) >= 11 is 3.48. The molecule has 2 fully saturated rings. The van der Waals surface area contributed by atoms with Gasteiger partial charge in [-0.25, -0.2) is 4.79 Å². The molecule has 0 unspecified atom stereocenters. The maximum Gasteiger partial charge on any atom is 0.336 e. The number of nitrogens with zero attached hydrogens (tertiary/aromatic N) is 1. The van der Waals surface area contributed by atoms with Crippen LogP contribution in [0, 0.1) is 11.3 Å². The quantitative estimate of drug-likeness (QED) is 0.577. The number of hydrogen-bond donors (Lipinski definition) is 0. The van der Waals surface area contributed by atoms with Crippen LogP contribution in [-0.4, -0.2) is 36.8 Å². The van der Waals surface area contributed by atoms with E-state index in [1.165, 1.54) is 0 Å². The summed E-state index contributed by atoms with van der Waals surface area (Å²) in [4.78, 5) is 31.2. The van der Waals surface area contributed by atoms with E-state index < -0.39 is 11.9 Å². The fourth-order valence-corrected chi connectivity index (χ4v) is 5.18. The minimum absolute atomic E-state index is 0.0410. The molecule has 160 valence electrons. The number of aliphatic imine (C=N–C) groups is 1. The number of esters is 1. The van der Waals surface area contributed by atoms with E-state index >= 15 is 0 Å². The Labute approximate surface area is 186 Å². The third kappa shape index (κ3) is 4.30. The molecule has 3 aliphatic rings. The number of allylic oxidation sites excluding steroid dienone is 1. The first-order chi connectivity index (χ1) is 14.2. The van der Waals surface area contributed by atoms with Crippen molar-refractivity contribution >= 4 is 33.4 Å². The summed E-state index contributed by atoms with van der Waals surface area (Å²) in [6, 6.07) is 7.85. The van der Waals surface area contributed by atoms with E-state index in [9.17, 15) is 9.59 Å². The molecule has 1 saturated carbocycles. The Balaban J connectivity index is 1.71. The molecule has 0 radical (unpaired) electrons. The minimum atomic E-state index is -0.409. The molecule has 30 heavy (non-hydrogen) atoms. The topological polar surface area (TPSA) is 65.0 Å². The van der Waals surface area contributed by atoms with Crippen molar-refractivity contribution in [3.05, 3.63) is 45.6 Å². The number of ether oxygens (including phenoxy) is 2. The lowest BCUT2D eigenvalue weighted by Crippen LogP contribution is -2.44. The molecule has 0 spiro atoms. The maximum absolute atomic E-state index is 13.3. The fraction of sp³-hybridized carbons (Fsp3) is 0.542. The highest BCUT2D eigenvalue weighted by Crippen LogP contribution is 2.47. The van der Waals surface area contributed by atoms with Crippen molar-refractivity contribution in [2.45, 2.75) is 58.5 Å². The van der Waals surface area contributed by atoms with Crippen LogP contribution in [-0.2, 0) is 19.1 Å². The molecule has 1 aliphatic carbocycles. The molecule has 0 aromatic heterocycles. The van der Waals surface area contributed by atoms with Crippen LogP contribution in [0.15, 0.2) is 45.0 Å². The Kier molecular flexibility index (Phi) is 5.99. The van der Waals surface area contributed by atoms with Crippen molar-refractivity contribution < 1.29 is 19.1 Å². The molecule has 1 aromatic carbocycles. The van der Waals surface area contributed by atoms with Crippen molar-refractivity contribution in [2.75, 3.05) is 13.2 Å². The summed E-state index contributed by atoms with van der Waals surface area (Å²) in [5.41, 5.74) is 2.85. The van der Waals surface area contributed by atoms with Crippen molar-refractivity contribution in [1.29, 1.82) is 0 Å². The molecule has 2 heterocycles. The molecule has 1 saturated heterocycles. The molecule has 6 heteroatoms. The van der Waals surface area contributed by atoms with Crippen LogP contribution >= 0.6 is 15.9 Å². The predicted octanol–water partition coefficient (Wildman–Crippen LogP) is 4.99. The highest BCUT2D eigenvalue weighted by Gasteiger charge is 2.47. The van der Waals surface area contributed by atoms with Crippen molar-refractivity contribution in [3.63, 3.8) is 0 Å². The van der Waals surface area contributed by atoms with Gasteiger partial charge in [0.1, 0.15) is 12.4 Å². The standard InChI is InChI=1S/C24H28BrNO4/c1-14-20(23(28)30-13-17-5-4-10-29-17)21(15-6-8-16(25)9-7-15)22-18(26-14)11-24(2,3)12-19(22)27/h6-9,17,21-22H,4-5,10-13H2,1-3H3/t17-,21+,22+/m1/s1. The number of halogens is 1. The molecular weight excluding hydrogens is 446 g/mol. The van der Waals surface area contributed by atoms with Gasteiger partial charge in [-0.15, -0.1) is 0 Å². The Morgan fingerprint density at radius 3 is 2.63 bits per heavy atom. The number of hydrogen-bond acceptors (Lipinski definition) is 5. The molecule has 0 bridgehead atoms. The first-order valence-corrected chi connectivity index (χ1v) is 11.4. The predicted molar refractivity (Wildman–Crippen MR) is 118 cm³/mol. The van der Waals surface area contributed by atoms with Gasteiger partial charge in [-0.05, 0) is 49.3 Å². The first kappa shape index (κ1) is 21.4. The second kappa shape index (κ2) is 8.39. The normalized spacial score (nSPS) is 28.2. The minimum Gasteiger partial charge on any atom is -0.460 e. The van der Waals surface area contributed by atoms with Gasteiger partial charge in [-0.1, -0.05) is 41.9 Å². The van der Waals surface area contributed by atoms with Crippen LogP contribution in [0.1, 0.15) is 57.9 Å². The van der Waals surface area contributed by atoms with Gasteiger partial charge in [-0.2, -0.15) is 0 Å². The lowest BCUT2D eigenvalue weighted by molar-refractivity contribution is -0.142. The Bertz CT molecular complexity index is 910. The second-order valence-corrected chi connectivity index (χ2v) is 10.2. The number of carbonyl (C=O) groups excluding carboxylic acids is 2.